The molecule has 1 rings (SSSR count). The van der Waals surface area contributed by atoms with E-state index < -0.39 is 0 Å². The molecule has 3 nitrogen and oxygen atoms in total. The van der Waals surface area contributed by atoms with E-state index in [0.29, 0.717) is 0 Å². The largest absolute Gasteiger partial charge is 0.370 e. The van der Waals surface area contributed by atoms with Gasteiger partial charge in [-0.15, -0.1) is 0 Å². The fourth-order valence-corrected chi connectivity index (χ4v) is 2.27. The summed E-state index contributed by atoms with van der Waals surface area (Å²) in [6, 6.07) is 2.07. The van der Waals surface area contributed by atoms with Crippen molar-refractivity contribution < 1.29 is 0 Å². The first kappa shape index (κ1) is 15.3. The van der Waals surface area contributed by atoms with Crippen molar-refractivity contribution in [3.8, 4) is 0 Å². The molecule has 4 heteroatoms. The Morgan fingerprint density at radius 2 is 1.94 bits per heavy atom. The Bertz CT molecular complexity index is 372. The second-order valence-corrected chi connectivity index (χ2v) is 6.49. The second kappa shape index (κ2) is 6.98. The molecule has 0 atom stereocenters. The molecule has 0 saturated carbocycles. The summed E-state index contributed by atoms with van der Waals surface area (Å²) in [5.41, 5.74) is 1.18. The number of hydrogen-bond donors (Lipinski definition) is 1. The van der Waals surface area contributed by atoms with Crippen LogP contribution >= 0.6 is 11.8 Å². The molecule has 0 aliphatic carbocycles. The molecule has 0 aromatic carbocycles. The monoisotopic (exact) mass is 267 g/mol. The van der Waals surface area contributed by atoms with Crippen LogP contribution in [0.1, 0.15) is 52.6 Å². The van der Waals surface area contributed by atoms with E-state index in [0.717, 1.165) is 29.6 Å². The molecule has 0 aliphatic rings. The molecule has 0 radical (unpaired) electrons. The number of hydrogen-bond acceptors (Lipinski definition) is 4. The minimum Gasteiger partial charge on any atom is -0.370 e. The summed E-state index contributed by atoms with van der Waals surface area (Å²) < 4.78 is 0. The van der Waals surface area contributed by atoms with E-state index in [4.69, 9.17) is 0 Å². The van der Waals surface area contributed by atoms with Gasteiger partial charge < -0.3 is 5.32 Å². The lowest BCUT2D eigenvalue weighted by atomic mass is 9.92. The van der Waals surface area contributed by atoms with E-state index in [1.807, 2.05) is 11.8 Å². The van der Waals surface area contributed by atoms with Gasteiger partial charge in [0.05, 0.1) is 11.4 Å². The van der Waals surface area contributed by atoms with Gasteiger partial charge in [0.25, 0.3) is 0 Å². The molecule has 0 fully saturated rings. The molecule has 0 bridgehead atoms. The summed E-state index contributed by atoms with van der Waals surface area (Å²) in [6.07, 6.45) is 1.20. The maximum Gasteiger partial charge on any atom is 0.140 e. The molecular formula is C14H25N3S. The lowest BCUT2D eigenvalue weighted by molar-refractivity contribution is 0.564. The molecular weight excluding hydrogens is 242 g/mol. The third-order valence-electron chi connectivity index (χ3n) is 2.48. The quantitative estimate of drug-likeness (QED) is 0.794. The zero-order chi connectivity index (χ0) is 13.6. The SMILES string of the molecule is CCCSCc1nc(NCC)cc(C(C)(C)C)n1. The van der Waals surface area contributed by atoms with Gasteiger partial charge >= 0.3 is 0 Å². The van der Waals surface area contributed by atoms with Crippen LogP contribution in [-0.4, -0.2) is 22.3 Å². The highest BCUT2D eigenvalue weighted by Gasteiger charge is 2.17. The number of rotatable bonds is 6. The van der Waals surface area contributed by atoms with Crippen LogP contribution < -0.4 is 5.32 Å². The Balaban J connectivity index is 2.91. The van der Waals surface area contributed by atoms with Gasteiger partial charge in [0, 0.05) is 18.0 Å². The highest BCUT2D eigenvalue weighted by Crippen LogP contribution is 2.23. The number of anilines is 1. The van der Waals surface area contributed by atoms with Gasteiger partial charge in [-0.25, -0.2) is 9.97 Å². The third-order valence-corrected chi connectivity index (χ3v) is 3.64. The highest BCUT2D eigenvalue weighted by atomic mass is 32.2. The standard InChI is InChI=1S/C14H25N3S/c1-6-8-18-10-13-16-11(14(3,4)5)9-12(17-13)15-7-2/h9H,6-8,10H2,1-5H3,(H,15,16,17). The van der Waals surface area contributed by atoms with Crippen molar-refractivity contribution in [3.63, 3.8) is 0 Å². The first-order valence-corrected chi connectivity index (χ1v) is 7.83. The third kappa shape index (κ3) is 4.84. The van der Waals surface area contributed by atoms with Crippen LogP contribution in [0, 0.1) is 0 Å². The normalized spacial score (nSPS) is 11.6. The minimum atomic E-state index is 0.0668. The van der Waals surface area contributed by atoms with Crippen LogP contribution in [0.15, 0.2) is 6.07 Å². The summed E-state index contributed by atoms with van der Waals surface area (Å²) in [6.45, 7) is 11.7. The molecule has 1 N–H and O–H groups in total. The fourth-order valence-electron chi connectivity index (χ4n) is 1.53. The Labute approximate surface area is 115 Å². The van der Waals surface area contributed by atoms with Crippen molar-refractivity contribution in [2.75, 3.05) is 17.6 Å². The fraction of sp³-hybridized carbons (Fsp3) is 0.714. The number of thioether (sulfide) groups is 1. The molecule has 102 valence electrons. The lowest BCUT2D eigenvalue weighted by Gasteiger charge is -2.19. The summed E-state index contributed by atoms with van der Waals surface area (Å²) in [5.74, 6) is 3.96. The lowest BCUT2D eigenvalue weighted by Crippen LogP contribution is -2.16. The summed E-state index contributed by atoms with van der Waals surface area (Å²) in [4.78, 5) is 9.25. The average molecular weight is 267 g/mol. The Kier molecular flexibility index (Phi) is 5.93. The van der Waals surface area contributed by atoms with Gasteiger partial charge in [-0.3, -0.25) is 0 Å². The van der Waals surface area contributed by atoms with Gasteiger partial charge in [0.15, 0.2) is 0 Å². The van der Waals surface area contributed by atoms with Crippen molar-refractivity contribution >= 4 is 17.6 Å². The minimum absolute atomic E-state index is 0.0668. The van der Waals surface area contributed by atoms with E-state index in [1.165, 1.54) is 12.2 Å². The topological polar surface area (TPSA) is 37.8 Å². The van der Waals surface area contributed by atoms with Crippen LogP contribution in [0.4, 0.5) is 5.82 Å². The van der Waals surface area contributed by atoms with Crippen LogP contribution in [0.5, 0.6) is 0 Å². The van der Waals surface area contributed by atoms with Crippen LogP contribution in [0.3, 0.4) is 0 Å². The van der Waals surface area contributed by atoms with Crippen molar-refractivity contribution in [2.24, 2.45) is 0 Å². The predicted octanol–water partition coefficient (Wildman–Crippen LogP) is 3.85. The van der Waals surface area contributed by atoms with Gasteiger partial charge in [0.2, 0.25) is 0 Å². The van der Waals surface area contributed by atoms with E-state index in [9.17, 15) is 0 Å². The van der Waals surface area contributed by atoms with E-state index in [1.54, 1.807) is 0 Å². The summed E-state index contributed by atoms with van der Waals surface area (Å²) in [5, 5.41) is 3.29. The summed E-state index contributed by atoms with van der Waals surface area (Å²) in [7, 11) is 0. The highest BCUT2D eigenvalue weighted by molar-refractivity contribution is 7.98. The Hall–Kier alpha value is -0.770. The van der Waals surface area contributed by atoms with Crippen molar-refractivity contribution in [3.05, 3.63) is 17.6 Å². The molecule has 18 heavy (non-hydrogen) atoms. The Morgan fingerprint density at radius 1 is 1.22 bits per heavy atom. The zero-order valence-electron chi connectivity index (χ0n) is 12.2. The molecule has 0 unspecified atom stereocenters. The second-order valence-electron chi connectivity index (χ2n) is 5.39. The summed E-state index contributed by atoms with van der Waals surface area (Å²) >= 11 is 1.90. The molecule has 1 aromatic rings. The Morgan fingerprint density at radius 3 is 2.50 bits per heavy atom. The van der Waals surface area contributed by atoms with Crippen LogP contribution in [0.2, 0.25) is 0 Å². The maximum atomic E-state index is 4.69. The molecule has 0 aliphatic heterocycles. The van der Waals surface area contributed by atoms with Gasteiger partial charge in [-0.1, -0.05) is 27.7 Å². The molecule has 1 aromatic heterocycles. The van der Waals surface area contributed by atoms with Gasteiger partial charge in [-0.2, -0.15) is 11.8 Å². The smallest absolute Gasteiger partial charge is 0.140 e. The van der Waals surface area contributed by atoms with Crippen LogP contribution in [-0.2, 0) is 11.2 Å². The molecule has 0 amide bonds. The molecule has 1 heterocycles. The van der Waals surface area contributed by atoms with E-state index >= 15 is 0 Å². The van der Waals surface area contributed by atoms with Crippen molar-refractivity contribution in [2.45, 2.75) is 52.2 Å². The molecule has 0 saturated heterocycles. The van der Waals surface area contributed by atoms with Crippen molar-refractivity contribution in [1.29, 1.82) is 0 Å². The number of nitrogens with zero attached hydrogens (tertiary/aromatic N) is 2. The van der Waals surface area contributed by atoms with Gasteiger partial charge in [-0.05, 0) is 19.1 Å². The first-order chi connectivity index (χ1) is 8.47. The zero-order valence-corrected chi connectivity index (χ0v) is 13.0. The predicted molar refractivity (Wildman–Crippen MR) is 81.3 cm³/mol. The average Bonchev–Trinajstić information content (AvgIpc) is 2.28. The van der Waals surface area contributed by atoms with Gasteiger partial charge in [0.1, 0.15) is 11.6 Å². The van der Waals surface area contributed by atoms with Crippen LogP contribution in [0.25, 0.3) is 0 Å². The van der Waals surface area contributed by atoms with E-state index in [2.05, 4.69) is 56.0 Å². The van der Waals surface area contributed by atoms with Crippen molar-refractivity contribution in [1.82, 2.24) is 9.97 Å². The molecule has 0 spiro atoms. The number of aromatic nitrogens is 2. The maximum absolute atomic E-state index is 4.69. The number of nitrogens with one attached hydrogen (secondary N) is 1. The first-order valence-electron chi connectivity index (χ1n) is 6.67. The van der Waals surface area contributed by atoms with E-state index in [-0.39, 0.29) is 5.41 Å².